The van der Waals surface area contributed by atoms with E-state index in [-0.39, 0.29) is 5.28 Å². The zero-order chi connectivity index (χ0) is 30.9. The van der Waals surface area contributed by atoms with Gasteiger partial charge in [-0.15, -0.1) is 0 Å². The average molecular weight is 719 g/mol. The first kappa shape index (κ1) is 30.8. The molecule has 6 aromatic rings. The maximum Gasteiger partial charge on any atom is 0.229 e. The highest BCUT2D eigenvalue weighted by Crippen LogP contribution is 2.28. The van der Waals surface area contributed by atoms with Crippen molar-refractivity contribution in [2.24, 2.45) is 0 Å². The molecule has 4 aromatic heterocycles. The second kappa shape index (κ2) is 14.2. The molecule has 43 heavy (non-hydrogen) atoms. The van der Waals surface area contributed by atoms with Gasteiger partial charge in [0.05, 0.1) is 34.8 Å². The van der Waals surface area contributed by atoms with Gasteiger partial charge in [-0.05, 0) is 92.0 Å². The number of hydrogen-bond acceptors (Lipinski definition) is 12. The number of para-hydroxylation sites is 2. The first-order chi connectivity index (χ1) is 20.7. The standard InChI is InChI=1S/C14H9BrN6.C8H5BrClN3.C6H5N3/c15-11-3-1-2-10-12(11)20-14(21-13(10)17)19-9-5-4-8(6-16)18-7-9;9-5-3-1-2-4-6(5)12-8(10)13-7(4)11;7-3-6-2-1-5(8)4-9-6/h1-5,7H,(H3,17,19,20,21);1-3H,(H2,11,12,13);1-2,4H,8H2. The van der Waals surface area contributed by atoms with Crippen LogP contribution in [-0.2, 0) is 0 Å². The van der Waals surface area contributed by atoms with E-state index in [4.69, 9.17) is 39.3 Å². The number of rotatable bonds is 2. The summed E-state index contributed by atoms with van der Waals surface area (Å²) in [6, 6.07) is 21.7. The van der Waals surface area contributed by atoms with E-state index in [1.165, 1.54) is 6.20 Å². The van der Waals surface area contributed by atoms with Crippen molar-refractivity contribution in [3.05, 3.63) is 98.7 Å². The highest BCUT2D eigenvalue weighted by molar-refractivity contribution is 9.11. The van der Waals surface area contributed by atoms with Gasteiger partial charge >= 0.3 is 0 Å². The quantitative estimate of drug-likeness (QED) is 0.148. The summed E-state index contributed by atoms with van der Waals surface area (Å²) in [6.07, 6.45) is 3.00. The molecule has 7 N–H and O–H groups in total. The molecular formula is C28H19Br2ClN12. The fourth-order valence-corrected chi connectivity index (χ4v) is 4.53. The molecule has 0 spiro atoms. The maximum absolute atomic E-state index is 8.72. The monoisotopic (exact) mass is 716 g/mol. The van der Waals surface area contributed by atoms with Crippen molar-refractivity contribution in [3.8, 4) is 12.1 Å². The van der Waals surface area contributed by atoms with Crippen LogP contribution in [-0.4, -0.2) is 29.9 Å². The van der Waals surface area contributed by atoms with Crippen LogP contribution in [0.2, 0.25) is 5.28 Å². The van der Waals surface area contributed by atoms with Gasteiger partial charge in [0.2, 0.25) is 11.2 Å². The van der Waals surface area contributed by atoms with Crippen LogP contribution in [0, 0.1) is 22.7 Å². The first-order valence-corrected chi connectivity index (χ1v) is 14.0. The third-order valence-electron chi connectivity index (χ3n) is 5.42. The van der Waals surface area contributed by atoms with Gasteiger partial charge in [0.25, 0.3) is 0 Å². The molecule has 0 aliphatic carbocycles. The summed E-state index contributed by atoms with van der Waals surface area (Å²) in [5, 5.41) is 21.8. The number of nitrogens with two attached hydrogens (primary N) is 3. The van der Waals surface area contributed by atoms with Gasteiger partial charge in [0.15, 0.2) is 0 Å². The summed E-state index contributed by atoms with van der Waals surface area (Å²) in [5.74, 6) is 1.17. The van der Waals surface area contributed by atoms with E-state index in [1.54, 1.807) is 30.5 Å². The Balaban J connectivity index is 0.000000163. The number of nitriles is 2. The van der Waals surface area contributed by atoms with Crippen molar-refractivity contribution in [1.29, 1.82) is 10.5 Å². The smallest absolute Gasteiger partial charge is 0.229 e. The Bertz CT molecular complexity index is 1990. The summed E-state index contributed by atoms with van der Waals surface area (Å²) in [7, 11) is 0. The van der Waals surface area contributed by atoms with Gasteiger partial charge in [0, 0.05) is 19.7 Å². The molecular weight excluding hydrogens is 700 g/mol. The predicted octanol–water partition coefficient (Wildman–Crippen LogP) is 6.15. The largest absolute Gasteiger partial charge is 0.397 e. The number of anilines is 5. The van der Waals surface area contributed by atoms with E-state index < -0.39 is 0 Å². The minimum Gasteiger partial charge on any atom is -0.397 e. The molecule has 0 fully saturated rings. The van der Waals surface area contributed by atoms with Gasteiger partial charge in [-0.1, -0.05) is 12.1 Å². The Morgan fingerprint density at radius 2 is 1.23 bits per heavy atom. The van der Waals surface area contributed by atoms with Crippen LogP contribution in [0.3, 0.4) is 0 Å². The molecule has 0 aliphatic heterocycles. The second-order valence-corrected chi connectivity index (χ2v) is 10.4. The molecule has 0 amide bonds. The number of nitrogens with zero attached hydrogens (tertiary/aromatic N) is 8. The zero-order valence-electron chi connectivity index (χ0n) is 21.9. The van der Waals surface area contributed by atoms with Gasteiger partial charge < -0.3 is 22.5 Å². The van der Waals surface area contributed by atoms with Gasteiger partial charge in [-0.25, -0.2) is 24.9 Å². The van der Waals surface area contributed by atoms with Crippen molar-refractivity contribution in [2.45, 2.75) is 0 Å². The fourth-order valence-electron chi connectivity index (χ4n) is 3.44. The van der Waals surface area contributed by atoms with E-state index in [0.717, 1.165) is 30.8 Å². The van der Waals surface area contributed by atoms with E-state index in [2.05, 4.69) is 67.1 Å². The highest BCUT2D eigenvalue weighted by Gasteiger charge is 2.08. The molecule has 0 atom stereocenters. The van der Waals surface area contributed by atoms with E-state index in [1.807, 2.05) is 48.5 Å². The molecule has 0 aliphatic rings. The van der Waals surface area contributed by atoms with Crippen LogP contribution in [0.5, 0.6) is 0 Å². The van der Waals surface area contributed by atoms with Crippen LogP contribution < -0.4 is 22.5 Å². The zero-order valence-corrected chi connectivity index (χ0v) is 25.8. The van der Waals surface area contributed by atoms with Gasteiger partial charge in [-0.3, -0.25) is 0 Å². The Morgan fingerprint density at radius 3 is 1.77 bits per heavy atom. The molecule has 15 heteroatoms. The molecule has 6 rings (SSSR count). The summed E-state index contributed by atoms with van der Waals surface area (Å²) in [6.45, 7) is 0. The third kappa shape index (κ3) is 7.99. The lowest BCUT2D eigenvalue weighted by Crippen LogP contribution is -2.02. The Morgan fingerprint density at radius 1 is 0.674 bits per heavy atom. The van der Waals surface area contributed by atoms with E-state index >= 15 is 0 Å². The number of halogens is 3. The van der Waals surface area contributed by atoms with Gasteiger partial charge in [-0.2, -0.15) is 15.5 Å². The van der Waals surface area contributed by atoms with Crippen LogP contribution >= 0.6 is 43.5 Å². The molecule has 4 heterocycles. The minimum atomic E-state index is 0.164. The average Bonchev–Trinajstić information content (AvgIpc) is 3.00. The van der Waals surface area contributed by atoms with Crippen molar-refractivity contribution < 1.29 is 0 Å². The highest BCUT2D eigenvalue weighted by atomic mass is 79.9. The molecule has 12 nitrogen and oxygen atoms in total. The maximum atomic E-state index is 8.72. The van der Waals surface area contributed by atoms with Crippen molar-refractivity contribution in [1.82, 2.24) is 29.9 Å². The van der Waals surface area contributed by atoms with Crippen LogP contribution in [0.1, 0.15) is 11.4 Å². The number of fused-ring (bicyclic) bond motifs is 2. The van der Waals surface area contributed by atoms with Crippen molar-refractivity contribution in [3.63, 3.8) is 0 Å². The number of aromatic nitrogens is 6. The van der Waals surface area contributed by atoms with Crippen LogP contribution in [0.25, 0.3) is 21.8 Å². The summed E-state index contributed by atoms with van der Waals surface area (Å²) < 4.78 is 1.70. The molecule has 0 radical (unpaired) electrons. The second-order valence-electron chi connectivity index (χ2n) is 8.34. The molecule has 2 aromatic carbocycles. The van der Waals surface area contributed by atoms with Crippen molar-refractivity contribution in [2.75, 3.05) is 22.5 Å². The lowest BCUT2D eigenvalue weighted by molar-refractivity contribution is 1.20. The fraction of sp³-hybridized carbons (Fsp3) is 0. The Hall–Kier alpha value is -5.15. The lowest BCUT2D eigenvalue weighted by atomic mass is 10.2. The molecule has 0 unspecified atom stereocenters. The third-order valence-corrected chi connectivity index (χ3v) is 6.87. The number of hydrogen-bond donors (Lipinski definition) is 4. The summed E-state index contributed by atoms with van der Waals surface area (Å²) in [5.41, 5.74) is 20.4. The normalized spacial score (nSPS) is 9.98. The Kier molecular flexibility index (Phi) is 10.1. The number of nitrogens with one attached hydrogen (secondary N) is 1. The first-order valence-electron chi connectivity index (χ1n) is 12.0. The van der Waals surface area contributed by atoms with Crippen LogP contribution in [0.15, 0.2) is 82.0 Å². The Labute approximate surface area is 266 Å². The topological polar surface area (TPSA) is 215 Å². The van der Waals surface area contributed by atoms with Crippen LogP contribution in [0.4, 0.5) is 29.0 Å². The SMILES string of the molecule is N#Cc1ccc(N)cn1.N#Cc1ccc(Nc2nc(N)c3cccc(Br)c3n2)cn1.Nc1nc(Cl)nc2c(Br)cccc12. The predicted molar refractivity (Wildman–Crippen MR) is 174 cm³/mol. The number of pyridine rings is 2. The number of benzene rings is 2. The number of nitrogen functional groups attached to an aromatic ring is 3. The molecule has 0 bridgehead atoms. The molecule has 0 saturated heterocycles. The molecule has 0 saturated carbocycles. The van der Waals surface area contributed by atoms with Crippen molar-refractivity contribution >= 4 is 94.2 Å². The summed E-state index contributed by atoms with van der Waals surface area (Å²) >= 11 is 12.5. The lowest BCUT2D eigenvalue weighted by Gasteiger charge is -2.08. The molecule has 212 valence electrons. The van der Waals surface area contributed by atoms with Gasteiger partial charge in [0.1, 0.15) is 35.2 Å². The summed E-state index contributed by atoms with van der Waals surface area (Å²) in [4.78, 5) is 24.3. The van der Waals surface area contributed by atoms with E-state index in [9.17, 15) is 0 Å². The van der Waals surface area contributed by atoms with E-state index in [0.29, 0.717) is 40.3 Å². The minimum absolute atomic E-state index is 0.164.